The van der Waals surface area contributed by atoms with E-state index in [9.17, 15) is 0 Å². The van der Waals surface area contributed by atoms with E-state index in [1.165, 1.54) is 6.42 Å². The molecule has 0 atom stereocenters. The molecule has 0 aromatic rings. The van der Waals surface area contributed by atoms with Crippen molar-refractivity contribution in [3.8, 4) is 0 Å². The van der Waals surface area contributed by atoms with Crippen molar-refractivity contribution in [3.63, 3.8) is 0 Å². The van der Waals surface area contributed by atoms with Gasteiger partial charge in [0.05, 0.1) is 83.4 Å². The first-order valence-corrected chi connectivity index (χ1v) is 24.0. The molecule has 0 saturated carbocycles. The van der Waals surface area contributed by atoms with Crippen LogP contribution in [0.25, 0.3) is 0 Å². The van der Waals surface area contributed by atoms with Crippen LogP contribution < -0.4 is 0 Å². The average molecular weight is 927 g/mol. The highest BCUT2D eigenvalue weighted by Gasteiger charge is 2.38. The van der Waals surface area contributed by atoms with E-state index in [1.807, 2.05) is 62.3 Å². The molecular formula is C52H110O12. The van der Waals surface area contributed by atoms with Crippen molar-refractivity contribution < 1.29 is 56.8 Å². The molecule has 2 aliphatic rings. The molecule has 2 rings (SSSR count). The molecule has 0 unspecified atom stereocenters. The number of hydrogen-bond acceptors (Lipinski definition) is 12. The zero-order valence-corrected chi connectivity index (χ0v) is 47.2. The van der Waals surface area contributed by atoms with Crippen molar-refractivity contribution in [3.05, 3.63) is 0 Å². The Hall–Kier alpha value is -0.480. The number of rotatable bonds is 18. The lowest BCUT2D eigenvalue weighted by atomic mass is 9.93. The Labute approximate surface area is 397 Å². The predicted octanol–water partition coefficient (Wildman–Crippen LogP) is 11.8. The summed E-state index contributed by atoms with van der Waals surface area (Å²) < 4.78 is 66.3. The summed E-state index contributed by atoms with van der Waals surface area (Å²) in [5.74, 6) is 0. The standard InChI is InChI=1S/C12H26O2.C11H22O3.C10H22O3.C10H20O2.C9H20O2/c1-7-8-9-13-10-12(5,6)14-11(2,3)4;1-10(2,3)14-11(9-12-4)5-7-13-8-6-11;1-9(2,3)13-10(4,7-11-5)8-12-6;1-9(2,3)12-10(4)5-7-11-8-6-10;1-8(2,3)11-9(4,5)7-10-6/h7-10H2,1-6H3;5-9H2,1-4H3;7-8H2,1-6H3;5-8H2,1-4H3;7H2,1-6H3. The fourth-order valence-corrected chi connectivity index (χ4v) is 7.66. The molecule has 0 N–H and O–H groups in total. The Balaban J connectivity index is -0.000000729. The van der Waals surface area contributed by atoms with Crippen LogP contribution in [0, 0.1) is 0 Å². The van der Waals surface area contributed by atoms with Gasteiger partial charge < -0.3 is 56.8 Å². The van der Waals surface area contributed by atoms with Crippen molar-refractivity contribution in [2.45, 2.75) is 247 Å². The highest BCUT2D eigenvalue weighted by Crippen LogP contribution is 2.31. The Morgan fingerprint density at radius 1 is 0.438 bits per heavy atom. The molecule has 2 fully saturated rings. The lowest BCUT2D eigenvalue weighted by Gasteiger charge is -2.41. The second-order valence-electron chi connectivity index (χ2n) is 24.0. The zero-order valence-electron chi connectivity index (χ0n) is 47.2. The van der Waals surface area contributed by atoms with E-state index in [-0.39, 0.29) is 56.0 Å². The Bertz CT molecular complexity index is 1100. The van der Waals surface area contributed by atoms with E-state index in [0.717, 1.165) is 65.1 Å². The largest absolute Gasteiger partial charge is 0.382 e. The molecular weight excluding hydrogens is 817 g/mol. The predicted molar refractivity (Wildman–Crippen MR) is 265 cm³/mol. The zero-order chi connectivity index (χ0) is 50.8. The molecule has 0 amide bonds. The molecule has 0 bridgehead atoms. The van der Waals surface area contributed by atoms with E-state index in [0.29, 0.717) is 33.0 Å². The first kappa shape index (κ1) is 67.8. The second kappa shape index (κ2) is 30.9. The fraction of sp³-hybridized carbons (Fsp3) is 1.00. The van der Waals surface area contributed by atoms with Gasteiger partial charge in [-0.2, -0.15) is 0 Å². The minimum absolute atomic E-state index is 0.0356. The molecule has 0 radical (unpaired) electrons. The number of methoxy groups -OCH3 is 4. The van der Waals surface area contributed by atoms with Gasteiger partial charge >= 0.3 is 0 Å². The molecule has 0 aliphatic carbocycles. The van der Waals surface area contributed by atoms with Crippen LogP contribution >= 0.6 is 0 Å². The quantitative estimate of drug-likeness (QED) is 0.122. The van der Waals surface area contributed by atoms with Gasteiger partial charge in [-0.05, 0) is 165 Å². The monoisotopic (exact) mass is 927 g/mol. The minimum atomic E-state index is -0.359. The highest BCUT2D eigenvalue weighted by molar-refractivity contribution is 4.86. The molecule has 64 heavy (non-hydrogen) atoms. The Morgan fingerprint density at radius 2 is 0.812 bits per heavy atom. The van der Waals surface area contributed by atoms with Crippen molar-refractivity contribution in [2.24, 2.45) is 0 Å². The summed E-state index contributed by atoms with van der Waals surface area (Å²) in [4.78, 5) is 0. The van der Waals surface area contributed by atoms with Crippen LogP contribution in [0.1, 0.15) is 191 Å². The van der Waals surface area contributed by atoms with Gasteiger partial charge in [0.1, 0.15) is 5.60 Å². The van der Waals surface area contributed by atoms with E-state index < -0.39 is 0 Å². The first-order chi connectivity index (χ1) is 28.8. The molecule has 0 aromatic carbocycles. The van der Waals surface area contributed by atoms with Crippen LogP contribution in [0.2, 0.25) is 0 Å². The minimum Gasteiger partial charge on any atom is -0.382 e. The number of unbranched alkanes of at least 4 members (excludes halogenated alkanes) is 1. The normalized spacial score (nSPS) is 17.3. The van der Waals surface area contributed by atoms with Gasteiger partial charge in [0, 0.05) is 74.3 Å². The van der Waals surface area contributed by atoms with Crippen molar-refractivity contribution >= 4 is 0 Å². The summed E-state index contributed by atoms with van der Waals surface area (Å²) in [5.41, 5.74) is -1.35. The maximum Gasteiger partial charge on any atom is 0.112 e. The SMILES string of the molecule is CC(C)(C)OC1(C)CCOCC1.CCCCOCC(C)(C)OC(C)(C)C.COCC(C)(C)OC(C)(C)C.COCC(C)(COC)OC(C)(C)C.COCC1(OC(C)(C)C)CCOCC1. The van der Waals surface area contributed by atoms with Gasteiger partial charge in [0.15, 0.2) is 0 Å². The third kappa shape index (κ3) is 42.8. The van der Waals surface area contributed by atoms with Gasteiger partial charge in [0.25, 0.3) is 0 Å². The van der Waals surface area contributed by atoms with Crippen molar-refractivity contribution in [1.82, 2.24) is 0 Å². The molecule has 390 valence electrons. The summed E-state index contributed by atoms with van der Waals surface area (Å²) >= 11 is 0. The summed E-state index contributed by atoms with van der Waals surface area (Å²) in [7, 11) is 6.75. The molecule has 2 heterocycles. The van der Waals surface area contributed by atoms with Crippen LogP contribution in [-0.4, -0.2) is 151 Å². The number of hydrogen-bond donors (Lipinski definition) is 0. The van der Waals surface area contributed by atoms with Gasteiger partial charge in [-0.15, -0.1) is 0 Å². The van der Waals surface area contributed by atoms with E-state index >= 15 is 0 Å². The van der Waals surface area contributed by atoms with Crippen LogP contribution in [0.5, 0.6) is 0 Å². The Kier molecular flexibility index (Phi) is 32.7. The van der Waals surface area contributed by atoms with E-state index in [2.05, 4.69) is 90.0 Å². The lowest BCUT2D eigenvalue weighted by molar-refractivity contribution is -0.191. The molecule has 12 nitrogen and oxygen atoms in total. The third-order valence-electron chi connectivity index (χ3n) is 8.64. The van der Waals surface area contributed by atoms with Crippen LogP contribution in [0.3, 0.4) is 0 Å². The van der Waals surface area contributed by atoms with Crippen LogP contribution in [0.15, 0.2) is 0 Å². The number of ether oxygens (including phenoxy) is 12. The molecule has 2 saturated heterocycles. The van der Waals surface area contributed by atoms with Crippen LogP contribution in [-0.2, 0) is 56.8 Å². The summed E-state index contributed by atoms with van der Waals surface area (Å²) in [5, 5.41) is 0. The van der Waals surface area contributed by atoms with Gasteiger partial charge in [-0.25, -0.2) is 0 Å². The van der Waals surface area contributed by atoms with Gasteiger partial charge in [-0.1, -0.05) is 13.3 Å². The third-order valence-corrected chi connectivity index (χ3v) is 8.64. The maximum atomic E-state index is 6.10. The molecule has 2 aliphatic heterocycles. The van der Waals surface area contributed by atoms with E-state index in [4.69, 9.17) is 56.8 Å². The highest BCUT2D eigenvalue weighted by atomic mass is 16.6. The maximum absolute atomic E-state index is 6.10. The topological polar surface area (TPSA) is 111 Å². The summed E-state index contributed by atoms with van der Waals surface area (Å²) in [6.45, 7) is 52.6. The fourth-order valence-electron chi connectivity index (χ4n) is 7.66. The lowest BCUT2D eigenvalue weighted by Crippen LogP contribution is -2.47. The van der Waals surface area contributed by atoms with E-state index in [1.54, 1.807) is 28.4 Å². The summed E-state index contributed by atoms with van der Waals surface area (Å²) in [6.07, 6.45) is 6.21. The molecule has 0 spiro atoms. The van der Waals surface area contributed by atoms with Crippen LogP contribution in [0.4, 0.5) is 0 Å². The summed E-state index contributed by atoms with van der Waals surface area (Å²) in [6, 6.07) is 0. The molecule has 12 heteroatoms. The average Bonchev–Trinajstić information content (AvgIpc) is 3.04. The van der Waals surface area contributed by atoms with Crippen molar-refractivity contribution in [2.75, 3.05) is 94.5 Å². The van der Waals surface area contributed by atoms with Gasteiger partial charge in [-0.3, -0.25) is 0 Å². The van der Waals surface area contributed by atoms with Crippen molar-refractivity contribution in [1.29, 1.82) is 0 Å². The van der Waals surface area contributed by atoms with Gasteiger partial charge in [0.2, 0.25) is 0 Å². The smallest absolute Gasteiger partial charge is 0.112 e. The Morgan fingerprint density at radius 3 is 1.14 bits per heavy atom. The second-order valence-corrected chi connectivity index (χ2v) is 24.0. The first-order valence-electron chi connectivity index (χ1n) is 24.0. The molecule has 0 aromatic heterocycles.